The molecule has 0 heterocycles. The zero-order chi connectivity index (χ0) is 11.8. The molecule has 0 aliphatic carbocycles. The van der Waals surface area contributed by atoms with Crippen molar-refractivity contribution in [2.24, 2.45) is 5.92 Å². The molecule has 1 nitrogen and oxygen atoms in total. The van der Waals surface area contributed by atoms with Crippen LogP contribution in [-0.2, 0) is 6.42 Å². The Bertz CT molecular complexity index is 309. The summed E-state index contributed by atoms with van der Waals surface area (Å²) in [5.74, 6) is 0.733. The van der Waals surface area contributed by atoms with Crippen LogP contribution in [0.15, 0.2) is 30.3 Å². The quantitative estimate of drug-likeness (QED) is 0.719. The number of hydrogen-bond donors (Lipinski definition) is 1. The summed E-state index contributed by atoms with van der Waals surface area (Å²) in [6, 6.07) is 8.87. The summed E-state index contributed by atoms with van der Waals surface area (Å²) >= 11 is 0. The van der Waals surface area contributed by atoms with Crippen LogP contribution in [0.3, 0.4) is 0 Å². The maximum Gasteiger partial charge on any atom is -0.00172 e. The zero-order valence-electron chi connectivity index (χ0n) is 10.7. The van der Waals surface area contributed by atoms with E-state index in [1.807, 2.05) is 7.05 Å². The highest BCUT2D eigenvalue weighted by Crippen LogP contribution is 2.10. The minimum Gasteiger partial charge on any atom is -0.319 e. The topological polar surface area (TPSA) is 12.0 Å². The van der Waals surface area contributed by atoms with E-state index in [1.165, 1.54) is 17.5 Å². The molecule has 1 aromatic carbocycles. The average molecular weight is 217 g/mol. The summed E-state index contributed by atoms with van der Waals surface area (Å²) < 4.78 is 0. The Morgan fingerprint density at radius 3 is 2.44 bits per heavy atom. The smallest absolute Gasteiger partial charge is 0.00172 e. The van der Waals surface area contributed by atoms with Crippen LogP contribution in [0.5, 0.6) is 0 Å². The number of rotatable bonds is 6. The first-order chi connectivity index (χ1) is 7.72. The highest BCUT2D eigenvalue weighted by atomic mass is 14.8. The normalized spacial score (nSPS) is 11.5. The molecule has 0 bridgehead atoms. The van der Waals surface area contributed by atoms with Crippen LogP contribution in [0.4, 0.5) is 0 Å². The second kappa shape index (κ2) is 7.24. The van der Waals surface area contributed by atoms with Crippen LogP contribution >= 0.6 is 0 Å². The highest BCUT2D eigenvalue weighted by Gasteiger charge is 1.96. The van der Waals surface area contributed by atoms with Crippen molar-refractivity contribution in [3.05, 3.63) is 41.5 Å². The second-order valence-corrected chi connectivity index (χ2v) is 4.63. The van der Waals surface area contributed by atoms with Gasteiger partial charge < -0.3 is 5.32 Å². The summed E-state index contributed by atoms with van der Waals surface area (Å²) in [4.78, 5) is 0. The van der Waals surface area contributed by atoms with Crippen LogP contribution in [0, 0.1) is 5.92 Å². The lowest BCUT2D eigenvalue weighted by Gasteiger charge is -2.04. The molecule has 0 aliphatic rings. The predicted octanol–water partition coefficient (Wildman–Crippen LogP) is 3.51. The lowest BCUT2D eigenvalue weighted by Crippen LogP contribution is -2.05. The van der Waals surface area contributed by atoms with E-state index in [2.05, 4.69) is 55.6 Å². The van der Waals surface area contributed by atoms with Gasteiger partial charge in [-0.25, -0.2) is 0 Å². The molecule has 1 aromatic rings. The van der Waals surface area contributed by atoms with Crippen molar-refractivity contribution < 1.29 is 0 Å². The molecule has 1 heteroatoms. The Morgan fingerprint density at radius 1 is 1.19 bits per heavy atom. The molecule has 0 saturated carbocycles. The van der Waals surface area contributed by atoms with Crippen molar-refractivity contribution in [2.45, 2.75) is 26.7 Å². The number of nitrogens with one attached hydrogen (secondary N) is 1. The van der Waals surface area contributed by atoms with E-state index < -0.39 is 0 Å². The van der Waals surface area contributed by atoms with Gasteiger partial charge >= 0.3 is 0 Å². The molecule has 0 aliphatic heterocycles. The van der Waals surface area contributed by atoms with Crippen molar-refractivity contribution in [1.82, 2.24) is 5.32 Å². The van der Waals surface area contributed by atoms with Crippen molar-refractivity contribution >= 4 is 6.08 Å². The summed E-state index contributed by atoms with van der Waals surface area (Å²) in [5, 5.41) is 3.13. The predicted molar refractivity (Wildman–Crippen MR) is 72.6 cm³/mol. The van der Waals surface area contributed by atoms with E-state index in [4.69, 9.17) is 0 Å². The minimum atomic E-state index is 0.733. The number of hydrogen-bond acceptors (Lipinski definition) is 1. The Balaban J connectivity index is 2.47. The molecule has 88 valence electrons. The second-order valence-electron chi connectivity index (χ2n) is 4.63. The van der Waals surface area contributed by atoms with Gasteiger partial charge in [-0.1, -0.05) is 50.3 Å². The third-order valence-corrected chi connectivity index (χ3v) is 2.49. The third-order valence-electron chi connectivity index (χ3n) is 2.49. The van der Waals surface area contributed by atoms with Gasteiger partial charge in [0.05, 0.1) is 0 Å². The molecule has 0 radical (unpaired) electrons. The first-order valence-electron chi connectivity index (χ1n) is 6.12. The lowest BCUT2D eigenvalue weighted by atomic mass is 10.0. The monoisotopic (exact) mass is 217 g/mol. The van der Waals surface area contributed by atoms with E-state index >= 15 is 0 Å². The van der Waals surface area contributed by atoms with Gasteiger partial charge in [0, 0.05) is 0 Å². The molecule has 0 atom stereocenters. The summed E-state index contributed by atoms with van der Waals surface area (Å²) in [6.07, 6.45) is 6.67. The Labute approximate surface area is 99.6 Å². The van der Waals surface area contributed by atoms with Crippen LogP contribution in [0.1, 0.15) is 31.4 Å². The molecular formula is C15H23N. The maximum absolute atomic E-state index is 3.13. The van der Waals surface area contributed by atoms with Gasteiger partial charge in [-0.05, 0) is 43.5 Å². The number of benzene rings is 1. The largest absolute Gasteiger partial charge is 0.319 e. The van der Waals surface area contributed by atoms with Crippen molar-refractivity contribution in [2.75, 3.05) is 13.6 Å². The molecule has 0 aromatic heterocycles. The van der Waals surface area contributed by atoms with Gasteiger partial charge in [-0.15, -0.1) is 0 Å². The molecule has 16 heavy (non-hydrogen) atoms. The Hall–Kier alpha value is -1.08. The first kappa shape index (κ1) is 13.0. The van der Waals surface area contributed by atoms with Crippen molar-refractivity contribution in [1.29, 1.82) is 0 Å². The fourth-order valence-corrected chi connectivity index (χ4v) is 1.68. The molecule has 0 spiro atoms. The molecule has 0 amide bonds. The van der Waals surface area contributed by atoms with Crippen LogP contribution < -0.4 is 5.32 Å². The Kier molecular flexibility index (Phi) is 5.87. The molecule has 1 rings (SSSR count). The molecule has 0 fully saturated rings. The van der Waals surface area contributed by atoms with Crippen molar-refractivity contribution in [3.8, 4) is 0 Å². The first-order valence-corrected chi connectivity index (χ1v) is 6.12. The molecular weight excluding hydrogens is 194 g/mol. The fraction of sp³-hybridized carbons (Fsp3) is 0.467. The summed E-state index contributed by atoms with van der Waals surface area (Å²) in [6.45, 7) is 5.55. The van der Waals surface area contributed by atoms with E-state index in [0.717, 1.165) is 18.9 Å². The standard InChI is InChI=1S/C15H23N/c1-13(2)12-15-9-7-14(8-10-15)6-4-5-11-16-3/h4,6-10,13,16H,5,11-12H2,1-3H3. The molecule has 0 unspecified atom stereocenters. The van der Waals surface area contributed by atoms with Crippen LogP contribution in [-0.4, -0.2) is 13.6 Å². The van der Waals surface area contributed by atoms with E-state index in [9.17, 15) is 0 Å². The van der Waals surface area contributed by atoms with E-state index in [1.54, 1.807) is 0 Å². The van der Waals surface area contributed by atoms with Gasteiger partial charge in [0.1, 0.15) is 0 Å². The summed E-state index contributed by atoms with van der Waals surface area (Å²) in [5.41, 5.74) is 2.73. The van der Waals surface area contributed by atoms with Crippen LogP contribution in [0.2, 0.25) is 0 Å². The third kappa shape index (κ3) is 5.13. The van der Waals surface area contributed by atoms with Gasteiger partial charge in [-0.3, -0.25) is 0 Å². The maximum atomic E-state index is 3.13. The van der Waals surface area contributed by atoms with E-state index in [0.29, 0.717) is 0 Å². The van der Waals surface area contributed by atoms with Crippen LogP contribution in [0.25, 0.3) is 6.08 Å². The van der Waals surface area contributed by atoms with Gasteiger partial charge in [-0.2, -0.15) is 0 Å². The zero-order valence-corrected chi connectivity index (χ0v) is 10.7. The van der Waals surface area contributed by atoms with Gasteiger partial charge in [0.2, 0.25) is 0 Å². The van der Waals surface area contributed by atoms with Crippen molar-refractivity contribution in [3.63, 3.8) is 0 Å². The SMILES string of the molecule is CNCCC=Cc1ccc(CC(C)C)cc1. The van der Waals surface area contributed by atoms with E-state index in [-0.39, 0.29) is 0 Å². The highest BCUT2D eigenvalue weighted by molar-refractivity contribution is 5.49. The average Bonchev–Trinajstić information content (AvgIpc) is 2.26. The molecule has 1 N–H and O–H groups in total. The Morgan fingerprint density at radius 2 is 1.88 bits per heavy atom. The fourth-order valence-electron chi connectivity index (χ4n) is 1.68. The van der Waals surface area contributed by atoms with Gasteiger partial charge in [0.25, 0.3) is 0 Å². The summed E-state index contributed by atoms with van der Waals surface area (Å²) in [7, 11) is 1.98. The van der Waals surface area contributed by atoms with Gasteiger partial charge in [0.15, 0.2) is 0 Å². The minimum absolute atomic E-state index is 0.733. The molecule has 0 saturated heterocycles. The lowest BCUT2D eigenvalue weighted by molar-refractivity contribution is 0.647.